The van der Waals surface area contributed by atoms with E-state index in [9.17, 15) is 9.59 Å². The molecule has 0 spiro atoms. The van der Waals surface area contributed by atoms with Gasteiger partial charge in [0.15, 0.2) is 6.10 Å². The molecule has 2 aromatic heterocycles. The minimum absolute atomic E-state index is 0.335. The smallest absolute Gasteiger partial charge is 0.279 e. The van der Waals surface area contributed by atoms with Gasteiger partial charge in [0.25, 0.3) is 11.8 Å². The van der Waals surface area contributed by atoms with Crippen molar-refractivity contribution < 1.29 is 14.3 Å². The van der Waals surface area contributed by atoms with E-state index in [0.717, 1.165) is 11.1 Å². The summed E-state index contributed by atoms with van der Waals surface area (Å²) in [6.45, 7) is 5.53. The lowest BCUT2D eigenvalue weighted by Crippen LogP contribution is -2.47. The van der Waals surface area contributed by atoms with Gasteiger partial charge in [0.2, 0.25) is 0 Å². The first kappa shape index (κ1) is 19.2. The summed E-state index contributed by atoms with van der Waals surface area (Å²) in [4.78, 5) is 24.8. The van der Waals surface area contributed by atoms with Gasteiger partial charge in [-0.3, -0.25) is 25.1 Å². The predicted molar refractivity (Wildman–Crippen MR) is 104 cm³/mol. The Labute approximate surface area is 163 Å². The summed E-state index contributed by atoms with van der Waals surface area (Å²) >= 11 is 0. The molecule has 2 amide bonds. The molecule has 1 aromatic carbocycles. The van der Waals surface area contributed by atoms with E-state index in [-0.39, 0.29) is 0 Å². The summed E-state index contributed by atoms with van der Waals surface area (Å²) in [6, 6.07) is 9.36. The Morgan fingerprint density at radius 1 is 1.11 bits per heavy atom. The quantitative estimate of drug-likeness (QED) is 0.662. The van der Waals surface area contributed by atoms with E-state index in [4.69, 9.17) is 4.74 Å². The minimum atomic E-state index is -0.779. The van der Waals surface area contributed by atoms with Crippen molar-refractivity contribution in [3.63, 3.8) is 0 Å². The lowest BCUT2D eigenvalue weighted by atomic mass is 10.1. The Balaban J connectivity index is 1.63. The summed E-state index contributed by atoms with van der Waals surface area (Å²) in [5.41, 5.74) is 7.21. The maximum Gasteiger partial charge on any atom is 0.279 e. The molecule has 3 aromatic rings. The minimum Gasteiger partial charge on any atom is -0.481 e. The van der Waals surface area contributed by atoms with E-state index in [1.165, 1.54) is 6.20 Å². The first-order valence-corrected chi connectivity index (χ1v) is 8.87. The summed E-state index contributed by atoms with van der Waals surface area (Å²) in [5.74, 6) is 0.303. The Bertz CT molecular complexity index is 991. The zero-order valence-corrected chi connectivity index (χ0v) is 16.3. The summed E-state index contributed by atoms with van der Waals surface area (Å²) in [6.07, 6.45) is 4.30. The van der Waals surface area contributed by atoms with Crippen molar-refractivity contribution in [2.45, 2.75) is 26.9 Å². The molecule has 0 aliphatic carbocycles. The van der Waals surface area contributed by atoms with Crippen molar-refractivity contribution in [1.29, 1.82) is 0 Å². The number of aryl methyl sites for hydroxylation is 2. The molecular formula is C20H23N5O3. The highest BCUT2D eigenvalue weighted by Crippen LogP contribution is 2.21. The Hall–Kier alpha value is -3.55. The number of hydrogen-bond acceptors (Lipinski definition) is 4. The number of rotatable bonds is 5. The number of benzene rings is 1. The maximum atomic E-state index is 12.5. The Morgan fingerprint density at radius 3 is 2.54 bits per heavy atom. The first-order valence-electron chi connectivity index (χ1n) is 8.87. The van der Waals surface area contributed by atoms with Gasteiger partial charge in [-0.05, 0) is 50.1 Å². The van der Waals surface area contributed by atoms with Crippen molar-refractivity contribution >= 4 is 11.8 Å². The van der Waals surface area contributed by atoms with Crippen LogP contribution in [0.3, 0.4) is 0 Å². The number of hydrazine groups is 1. The predicted octanol–water partition coefficient (Wildman–Crippen LogP) is 2.06. The highest BCUT2D eigenvalue weighted by Gasteiger charge is 2.20. The molecule has 3 rings (SSSR count). The van der Waals surface area contributed by atoms with Gasteiger partial charge in [0, 0.05) is 19.4 Å². The fourth-order valence-electron chi connectivity index (χ4n) is 2.76. The molecular weight excluding hydrogens is 358 g/mol. The van der Waals surface area contributed by atoms with Crippen LogP contribution in [0.2, 0.25) is 0 Å². The SMILES string of the molecule is Cc1cccc(OC(C)C(=O)NNC(=O)c2cnn(C)c2-n2cccc2)c1C. The van der Waals surface area contributed by atoms with Crippen LogP contribution in [0.25, 0.3) is 5.82 Å². The molecule has 8 nitrogen and oxygen atoms in total. The number of ether oxygens (including phenoxy) is 1. The number of hydrogen-bond donors (Lipinski definition) is 2. The molecule has 0 bridgehead atoms. The number of amides is 2. The van der Waals surface area contributed by atoms with E-state index in [2.05, 4.69) is 16.0 Å². The van der Waals surface area contributed by atoms with Crippen LogP contribution in [-0.2, 0) is 11.8 Å². The third-order valence-corrected chi connectivity index (χ3v) is 4.53. The molecule has 0 fully saturated rings. The van der Waals surface area contributed by atoms with Crippen LogP contribution in [0.1, 0.15) is 28.4 Å². The largest absolute Gasteiger partial charge is 0.481 e. The second-order valence-electron chi connectivity index (χ2n) is 6.50. The fraction of sp³-hybridized carbons (Fsp3) is 0.250. The van der Waals surface area contributed by atoms with Gasteiger partial charge < -0.3 is 9.30 Å². The fourth-order valence-corrected chi connectivity index (χ4v) is 2.76. The molecule has 0 saturated carbocycles. The summed E-state index contributed by atoms with van der Waals surface area (Å²) < 4.78 is 9.09. The average molecular weight is 381 g/mol. The van der Waals surface area contributed by atoms with Crippen LogP contribution >= 0.6 is 0 Å². The van der Waals surface area contributed by atoms with Crippen LogP contribution in [0.5, 0.6) is 5.75 Å². The molecule has 28 heavy (non-hydrogen) atoms. The monoisotopic (exact) mass is 381 g/mol. The lowest BCUT2D eigenvalue weighted by molar-refractivity contribution is -0.128. The standard InChI is InChI=1S/C20H23N5O3/c1-13-8-7-9-17(14(13)2)28-15(3)18(26)22-23-19(27)16-12-21-24(4)20(16)25-10-5-6-11-25/h5-12,15H,1-4H3,(H,22,26)(H,23,27). The lowest BCUT2D eigenvalue weighted by Gasteiger charge is -2.17. The number of carbonyl (C=O) groups is 2. The van der Waals surface area contributed by atoms with Crippen molar-refractivity contribution in [3.8, 4) is 11.6 Å². The van der Waals surface area contributed by atoms with Crippen molar-refractivity contribution in [3.05, 3.63) is 65.6 Å². The number of aromatic nitrogens is 3. The van der Waals surface area contributed by atoms with Gasteiger partial charge in [0.05, 0.1) is 6.20 Å². The molecule has 2 heterocycles. The Morgan fingerprint density at radius 2 is 1.82 bits per heavy atom. The van der Waals surface area contributed by atoms with E-state index < -0.39 is 17.9 Å². The van der Waals surface area contributed by atoms with Gasteiger partial charge in [-0.2, -0.15) is 5.10 Å². The highest BCUT2D eigenvalue weighted by molar-refractivity contribution is 5.98. The first-order chi connectivity index (χ1) is 13.4. The van der Waals surface area contributed by atoms with Gasteiger partial charge in [-0.15, -0.1) is 0 Å². The molecule has 0 aliphatic rings. The molecule has 0 radical (unpaired) electrons. The highest BCUT2D eigenvalue weighted by atomic mass is 16.5. The topological polar surface area (TPSA) is 90.2 Å². The molecule has 0 aliphatic heterocycles. The van der Waals surface area contributed by atoms with Gasteiger partial charge in [-0.25, -0.2) is 0 Å². The zero-order chi connectivity index (χ0) is 20.3. The second-order valence-corrected chi connectivity index (χ2v) is 6.50. The average Bonchev–Trinajstić information content (AvgIpc) is 3.32. The van der Waals surface area contributed by atoms with Gasteiger partial charge in [-0.1, -0.05) is 12.1 Å². The molecule has 146 valence electrons. The van der Waals surface area contributed by atoms with Crippen LogP contribution in [0.4, 0.5) is 0 Å². The zero-order valence-electron chi connectivity index (χ0n) is 16.3. The second kappa shape index (κ2) is 7.99. The maximum absolute atomic E-state index is 12.5. The van der Waals surface area contributed by atoms with E-state index >= 15 is 0 Å². The summed E-state index contributed by atoms with van der Waals surface area (Å²) in [7, 11) is 1.74. The van der Waals surface area contributed by atoms with E-state index in [1.807, 2.05) is 56.6 Å². The van der Waals surface area contributed by atoms with Crippen LogP contribution in [-0.4, -0.2) is 32.3 Å². The van der Waals surface area contributed by atoms with Crippen LogP contribution < -0.4 is 15.6 Å². The number of carbonyl (C=O) groups excluding carboxylic acids is 2. The van der Waals surface area contributed by atoms with Gasteiger partial charge >= 0.3 is 0 Å². The van der Waals surface area contributed by atoms with Crippen LogP contribution in [0.15, 0.2) is 48.9 Å². The summed E-state index contributed by atoms with van der Waals surface area (Å²) in [5, 5.41) is 4.13. The van der Waals surface area contributed by atoms with Crippen molar-refractivity contribution in [2.24, 2.45) is 7.05 Å². The van der Waals surface area contributed by atoms with Crippen molar-refractivity contribution in [1.82, 2.24) is 25.2 Å². The molecule has 2 N–H and O–H groups in total. The Kier molecular flexibility index (Phi) is 5.49. The van der Waals surface area contributed by atoms with E-state index in [0.29, 0.717) is 17.1 Å². The normalized spacial score (nSPS) is 11.7. The number of nitrogens with zero attached hydrogens (tertiary/aromatic N) is 3. The van der Waals surface area contributed by atoms with Gasteiger partial charge in [0.1, 0.15) is 17.1 Å². The molecule has 1 unspecified atom stereocenters. The molecule has 1 atom stereocenters. The van der Waals surface area contributed by atoms with Crippen molar-refractivity contribution in [2.75, 3.05) is 0 Å². The third kappa shape index (κ3) is 3.90. The number of nitrogens with one attached hydrogen (secondary N) is 2. The van der Waals surface area contributed by atoms with E-state index in [1.54, 1.807) is 23.2 Å². The third-order valence-electron chi connectivity index (χ3n) is 4.53. The van der Waals surface area contributed by atoms with Crippen LogP contribution in [0, 0.1) is 13.8 Å². The molecule has 0 saturated heterocycles. The molecule has 8 heteroatoms.